The molecule has 43 heavy (non-hydrogen) atoms. The fraction of sp³-hybridized carbons (Fsp3) is 0.629. The zero-order valence-electron chi connectivity index (χ0n) is 27.5. The average Bonchev–Trinajstić information content (AvgIpc) is 2.96. The summed E-state index contributed by atoms with van der Waals surface area (Å²) in [5, 5.41) is 11.5. The molecule has 3 heterocycles. The van der Waals surface area contributed by atoms with Crippen LogP contribution in [0.4, 0.5) is 4.79 Å². The van der Waals surface area contributed by atoms with Gasteiger partial charge in [-0.05, 0) is 77.2 Å². The SMILES string of the molecule is C/C(=C\C=C\[C@@H](C)c1ccccn1)[C@H]1OC(=O)C[C@H](C)CC[C@@](C)(O)[C@@H](OC(=O)N2CCN(C(C)(C)C)CC2)/C=C/[C@@H]1C. The van der Waals surface area contributed by atoms with Crippen molar-refractivity contribution in [2.24, 2.45) is 11.8 Å². The van der Waals surface area contributed by atoms with Crippen LogP contribution >= 0.6 is 0 Å². The number of piperazine rings is 1. The summed E-state index contributed by atoms with van der Waals surface area (Å²) in [6, 6.07) is 5.87. The average molecular weight is 596 g/mol. The van der Waals surface area contributed by atoms with E-state index in [9.17, 15) is 14.7 Å². The predicted octanol–water partition coefficient (Wildman–Crippen LogP) is 6.28. The number of carbonyl (C=O) groups is 2. The maximum atomic E-state index is 13.3. The van der Waals surface area contributed by atoms with Crippen molar-refractivity contribution in [3.63, 3.8) is 0 Å². The monoisotopic (exact) mass is 595 g/mol. The highest BCUT2D eigenvalue weighted by Gasteiger charge is 2.37. The van der Waals surface area contributed by atoms with Gasteiger partial charge in [0.25, 0.3) is 0 Å². The largest absolute Gasteiger partial charge is 0.457 e. The summed E-state index contributed by atoms with van der Waals surface area (Å²) in [5.74, 6) is -0.335. The lowest BCUT2D eigenvalue weighted by Gasteiger charge is -2.42. The first-order chi connectivity index (χ1) is 20.2. The molecule has 1 N–H and O–H groups in total. The van der Waals surface area contributed by atoms with E-state index in [-0.39, 0.29) is 35.7 Å². The van der Waals surface area contributed by atoms with E-state index in [2.05, 4.69) is 43.7 Å². The first-order valence-corrected chi connectivity index (χ1v) is 15.7. The number of pyridine rings is 1. The third-order valence-electron chi connectivity index (χ3n) is 8.67. The van der Waals surface area contributed by atoms with Crippen molar-refractivity contribution in [2.75, 3.05) is 26.2 Å². The van der Waals surface area contributed by atoms with E-state index in [4.69, 9.17) is 9.47 Å². The van der Waals surface area contributed by atoms with E-state index in [1.54, 1.807) is 24.1 Å². The lowest BCUT2D eigenvalue weighted by atomic mass is 9.87. The number of amides is 1. The van der Waals surface area contributed by atoms with Crippen LogP contribution in [0.3, 0.4) is 0 Å². The lowest BCUT2D eigenvalue weighted by Crippen LogP contribution is -2.55. The van der Waals surface area contributed by atoms with E-state index >= 15 is 0 Å². The van der Waals surface area contributed by atoms with Gasteiger partial charge in [-0.15, -0.1) is 0 Å². The summed E-state index contributed by atoms with van der Waals surface area (Å²) < 4.78 is 12.0. The summed E-state index contributed by atoms with van der Waals surface area (Å²) in [6.45, 7) is 19.0. The normalized spacial score (nSPS) is 30.2. The van der Waals surface area contributed by atoms with Crippen LogP contribution in [0.2, 0.25) is 0 Å². The van der Waals surface area contributed by atoms with Gasteiger partial charge >= 0.3 is 12.1 Å². The molecule has 1 saturated heterocycles. The minimum absolute atomic E-state index is 0.00330. The molecular weight excluding hydrogens is 542 g/mol. The van der Waals surface area contributed by atoms with Crippen LogP contribution in [0.5, 0.6) is 0 Å². The second kappa shape index (κ2) is 15.2. The van der Waals surface area contributed by atoms with Crippen LogP contribution in [0.15, 0.2) is 60.3 Å². The Balaban J connectivity index is 1.79. The van der Waals surface area contributed by atoms with Crippen LogP contribution in [0.1, 0.15) is 86.3 Å². The van der Waals surface area contributed by atoms with E-state index in [0.29, 0.717) is 25.9 Å². The molecule has 238 valence electrons. The molecule has 6 atom stereocenters. The second-order valence-corrected chi connectivity index (χ2v) is 13.6. The van der Waals surface area contributed by atoms with Gasteiger partial charge in [-0.1, -0.05) is 51.1 Å². The zero-order chi connectivity index (χ0) is 31.8. The van der Waals surface area contributed by atoms with E-state index < -0.39 is 23.9 Å². The van der Waals surface area contributed by atoms with Crippen molar-refractivity contribution in [1.82, 2.24) is 14.8 Å². The Labute approximate surface area is 258 Å². The minimum atomic E-state index is -1.29. The van der Waals surface area contributed by atoms with Gasteiger partial charge in [0, 0.05) is 61.9 Å². The number of cyclic esters (lactones) is 1. The molecule has 1 aromatic heterocycles. The van der Waals surface area contributed by atoms with Crippen LogP contribution in [-0.4, -0.2) is 81.5 Å². The van der Waals surface area contributed by atoms with Gasteiger partial charge in [-0.3, -0.25) is 14.7 Å². The molecule has 0 saturated carbocycles. The van der Waals surface area contributed by atoms with Crippen LogP contribution < -0.4 is 0 Å². The molecule has 1 amide bonds. The van der Waals surface area contributed by atoms with E-state index in [1.807, 2.05) is 57.2 Å². The summed E-state index contributed by atoms with van der Waals surface area (Å²) in [6.07, 6.45) is 11.0. The Bertz CT molecular complexity index is 1150. The number of aromatic nitrogens is 1. The molecular formula is C35H53N3O5. The van der Waals surface area contributed by atoms with Crippen molar-refractivity contribution in [2.45, 2.75) is 104 Å². The third-order valence-corrected chi connectivity index (χ3v) is 8.67. The van der Waals surface area contributed by atoms with Gasteiger partial charge in [-0.25, -0.2) is 4.79 Å². The van der Waals surface area contributed by atoms with E-state index in [1.165, 1.54) is 0 Å². The summed E-state index contributed by atoms with van der Waals surface area (Å²) in [5.41, 5.74) is 0.636. The number of ether oxygens (including phenoxy) is 2. The van der Waals surface area contributed by atoms with Gasteiger partial charge < -0.3 is 19.5 Å². The quantitative estimate of drug-likeness (QED) is 0.243. The van der Waals surface area contributed by atoms with Crippen molar-refractivity contribution in [1.29, 1.82) is 0 Å². The van der Waals surface area contributed by atoms with Crippen molar-refractivity contribution >= 4 is 12.1 Å². The molecule has 2 aliphatic heterocycles. The zero-order valence-corrected chi connectivity index (χ0v) is 27.5. The molecule has 0 spiro atoms. The Hall–Kier alpha value is -2.97. The summed E-state index contributed by atoms with van der Waals surface area (Å²) >= 11 is 0. The fourth-order valence-corrected chi connectivity index (χ4v) is 5.58. The standard InChI is InChI=1S/C35H53N3O5/c1-25-17-18-35(8,41)30(42-33(40)37-20-22-38(23-21-37)34(5,6)7)16-15-28(4)32(43-31(39)24-25)27(3)13-11-12-26(2)29-14-9-10-19-36-29/h9-16,19,25-26,28,30,32,41H,17-18,20-24H2,1-8H3/b12-11+,16-15+,27-13+/t25-,26-,28+,30+,32-,35-/m1/s1. The molecule has 8 heteroatoms. The topological polar surface area (TPSA) is 92.2 Å². The van der Waals surface area contributed by atoms with Crippen LogP contribution in [0, 0.1) is 11.8 Å². The maximum Gasteiger partial charge on any atom is 0.410 e. The number of aliphatic hydroxyl groups is 1. The van der Waals surface area contributed by atoms with Crippen LogP contribution in [0.25, 0.3) is 0 Å². The Morgan fingerprint density at radius 2 is 1.88 bits per heavy atom. The molecule has 2 aliphatic rings. The molecule has 1 aromatic rings. The first-order valence-electron chi connectivity index (χ1n) is 15.7. The molecule has 0 bridgehead atoms. The maximum absolute atomic E-state index is 13.3. The molecule has 1 fully saturated rings. The summed E-state index contributed by atoms with van der Waals surface area (Å²) in [4.78, 5) is 34.7. The molecule has 0 aromatic carbocycles. The number of allylic oxidation sites excluding steroid dienone is 3. The Morgan fingerprint density at radius 3 is 2.51 bits per heavy atom. The van der Waals surface area contributed by atoms with Crippen molar-refractivity contribution in [3.05, 3.63) is 66.0 Å². The summed E-state index contributed by atoms with van der Waals surface area (Å²) in [7, 11) is 0. The van der Waals surface area contributed by atoms with Crippen molar-refractivity contribution in [3.8, 4) is 0 Å². The first kappa shape index (κ1) is 34.5. The highest BCUT2D eigenvalue weighted by Crippen LogP contribution is 2.29. The van der Waals surface area contributed by atoms with Gasteiger partial charge in [0.15, 0.2) is 6.10 Å². The number of carbonyl (C=O) groups excluding carboxylic acids is 2. The minimum Gasteiger partial charge on any atom is -0.457 e. The van der Waals surface area contributed by atoms with E-state index in [0.717, 1.165) is 24.4 Å². The van der Waals surface area contributed by atoms with Crippen molar-refractivity contribution < 1.29 is 24.2 Å². The van der Waals surface area contributed by atoms with Gasteiger partial charge in [-0.2, -0.15) is 0 Å². The highest BCUT2D eigenvalue weighted by molar-refractivity contribution is 5.70. The molecule has 0 aliphatic carbocycles. The highest BCUT2D eigenvalue weighted by atomic mass is 16.6. The van der Waals surface area contributed by atoms with Gasteiger partial charge in [0.1, 0.15) is 11.7 Å². The number of hydrogen-bond donors (Lipinski definition) is 1. The molecule has 8 nitrogen and oxygen atoms in total. The second-order valence-electron chi connectivity index (χ2n) is 13.6. The van der Waals surface area contributed by atoms with Crippen LogP contribution in [-0.2, 0) is 14.3 Å². The lowest BCUT2D eigenvalue weighted by molar-refractivity contribution is -0.150. The molecule has 3 rings (SSSR count). The number of hydrogen-bond acceptors (Lipinski definition) is 7. The van der Waals surface area contributed by atoms with Gasteiger partial charge in [0.05, 0.1) is 0 Å². The predicted molar refractivity (Wildman–Crippen MR) is 171 cm³/mol. The smallest absolute Gasteiger partial charge is 0.410 e. The number of rotatable bonds is 5. The number of esters is 1. The Morgan fingerprint density at radius 1 is 1.19 bits per heavy atom. The number of nitrogens with zero attached hydrogens (tertiary/aromatic N) is 3. The molecule has 0 radical (unpaired) electrons. The third kappa shape index (κ3) is 10.3. The Kier molecular flexibility index (Phi) is 12.2. The molecule has 0 unspecified atom stereocenters. The fourth-order valence-electron chi connectivity index (χ4n) is 5.58. The van der Waals surface area contributed by atoms with Gasteiger partial charge in [0.2, 0.25) is 0 Å².